The van der Waals surface area contributed by atoms with E-state index in [1.807, 2.05) is 24.3 Å². The molecule has 0 N–H and O–H groups in total. The van der Waals surface area contributed by atoms with Crippen molar-refractivity contribution in [2.75, 3.05) is 77.6 Å². The average Bonchev–Trinajstić information content (AvgIpc) is 2.94. The van der Waals surface area contributed by atoms with Crippen LogP contribution in [0.4, 0.5) is 0 Å². The molecule has 9 nitrogen and oxygen atoms in total. The van der Waals surface area contributed by atoms with Gasteiger partial charge in [0.15, 0.2) is 5.78 Å². The van der Waals surface area contributed by atoms with Crippen LogP contribution in [0.1, 0.15) is 32.6 Å². The van der Waals surface area contributed by atoms with Gasteiger partial charge >= 0.3 is 11.9 Å². The number of hydrogen-bond donors (Lipinski definition) is 0. The van der Waals surface area contributed by atoms with E-state index in [1.165, 1.54) is 16.7 Å². The van der Waals surface area contributed by atoms with Gasteiger partial charge in [0.2, 0.25) is 0 Å². The molecule has 3 rings (SSSR count). The molecule has 0 spiro atoms. The number of carbonyl (C=O) groups is 1. The Morgan fingerprint density at radius 1 is 0.614 bits per heavy atom. The van der Waals surface area contributed by atoms with Crippen LogP contribution in [0, 0.1) is 6.92 Å². The third-order valence-electron chi connectivity index (χ3n) is 7.40. The SMILES string of the molecule is COc1ccc(C(=O)c2ccc(Oc3cc(C[N+](C)=C(N(C)C)N(C)C)c(C)c(C[N+](C)=C(N(C)C)N(C)C)c3)cc2)cc1. The summed E-state index contributed by atoms with van der Waals surface area (Å²) in [6, 6.07) is 18.7. The number of hydrogen-bond acceptors (Lipinski definition) is 3. The summed E-state index contributed by atoms with van der Waals surface area (Å²) in [5.41, 5.74) is 4.79. The van der Waals surface area contributed by atoms with Gasteiger partial charge in [-0.25, -0.2) is 0 Å². The van der Waals surface area contributed by atoms with Gasteiger partial charge in [-0.05, 0) is 84.3 Å². The molecular formula is C35H50N6O3+2. The Hall–Kier alpha value is -4.53. The largest absolute Gasteiger partial charge is 0.497 e. The highest BCUT2D eigenvalue weighted by atomic mass is 16.5. The summed E-state index contributed by atoms with van der Waals surface area (Å²) in [6.45, 7) is 3.60. The molecule has 0 radical (unpaired) electrons. The average molecular weight is 603 g/mol. The fraction of sp³-hybridized carbons (Fsp3) is 0.400. The van der Waals surface area contributed by atoms with E-state index in [4.69, 9.17) is 9.47 Å². The lowest BCUT2D eigenvalue weighted by Gasteiger charge is -2.22. The zero-order valence-electron chi connectivity index (χ0n) is 28.6. The van der Waals surface area contributed by atoms with Crippen LogP contribution in [0.15, 0.2) is 60.7 Å². The molecule has 0 bridgehead atoms. The van der Waals surface area contributed by atoms with Crippen molar-refractivity contribution in [3.05, 3.63) is 88.5 Å². The maximum Gasteiger partial charge on any atom is 0.349 e. The highest BCUT2D eigenvalue weighted by Gasteiger charge is 2.21. The highest BCUT2D eigenvalue weighted by molar-refractivity contribution is 6.09. The summed E-state index contributed by atoms with van der Waals surface area (Å²) in [7, 11) is 22.3. The van der Waals surface area contributed by atoms with Gasteiger partial charge < -0.3 is 9.47 Å². The number of rotatable bonds is 9. The molecule has 0 saturated heterocycles. The van der Waals surface area contributed by atoms with Gasteiger partial charge in [-0.1, -0.05) is 0 Å². The first-order valence-corrected chi connectivity index (χ1v) is 14.7. The number of methoxy groups -OCH3 is 1. The minimum atomic E-state index is -0.0483. The Morgan fingerprint density at radius 2 is 0.977 bits per heavy atom. The van der Waals surface area contributed by atoms with Gasteiger partial charge in [0.1, 0.15) is 17.2 Å². The van der Waals surface area contributed by atoms with Crippen molar-refractivity contribution in [3.63, 3.8) is 0 Å². The van der Waals surface area contributed by atoms with E-state index in [2.05, 4.69) is 118 Å². The molecule has 0 unspecified atom stereocenters. The smallest absolute Gasteiger partial charge is 0.349 e. The summed E-state index contributed by atoms with van der Waals surface area (Å²) in [5, 5.41) is 0. The molecular weight excluding hydrogens is 552 g/mol. The first-order chi connectivity index (χ1) is 20.7. The Morgan fingerprint density at radius 3 is 1.32 bits per heavy atom. The van der Waals surface area contributed by atoms with Crippen LogP contribution in [0.3, 0.4) is 0 Å². The fourth-order valence-electron chi connectivity index (χ4n) is 5.73. The van der Waals surface area contributed by atoms with Crippen LogP contribution >= 0.6 is 0 Å². The van der Waals surface area contributed by atoms with Crippen molar-refractivity contribution in [3.8, 4) is 17.2 Å². The Bertz CT molecular complexity index is 1430. The van der Waals surface area contributed by atoms with Crippen LogP contribution < -0.4 is 9.47 Å². The van der Waals surface area contributed by atoms with E-state index < -0.39 is 0 Å². The predicted molar refractivity (Wildman–Crippen MR) is 179 cm³/mol. The van der Waals surface area contributed by atoms with Crippen LogP contribution in [0.2, 0.25) is 0 Å². The lowest BCUT2D eigenvalue weighted by molar-refractivity contribution is -0.525. The monoisotopic (exact) mass is 602 g/mol. The van der Waals surface area contributed by atoms with E-state index in [9.17, 15) is 4.79 Å². The molecule has 0 fully saturated rings. The zero-order chi connectivity index (χ0) is 32.7. The van der Waals surface area contributed by atoms with Crippen LogP contribution in [0.25, 0.3) is 0 Å². The standard InChI is InChI=1S/C35H50N6O3/c1-25-28(23-40(10)34(36(2)3)37(4)5)21-32(22-29(25)24-41(11)35(38(6)7)39(8)9)44-31-19-15-27(16-20-31)33(42)26-13-17-30(43-12)18-14-26/h13-22H,23-24H2,1-12H3/q+2. The van der Waals surface area contributed by atoms with Crippen LogP contribution in [0.5, 0.6) is 17.2 Å². The normalized spacial score (nSPS) is 10.5. The van der Waals surface area contributed by atoms with Crippen LogP contribution in [-0.2, 0) is 13.1 Å². The third kappa shape index (κ3) is 8.30. The van der Waals surface area contributed by atoms with E-state index >= 15 is 0 Å². The Labute approximate surface area is 263 Å². The first kappa shape index (κ1) is 34.0. The topological polar surface area (TPSA) is 54.5 Å². The molecule has 9 heteroatoms. The molecule has 0 aromatic heterocycles. The predicted octanol–water partition coefficient (Wildman–Crippen LogP) is 4.27. The second-order valence-electron chi connectivity index (χ2n) is 11.9. The highest BCUT2D eigenvalue weighted by Crippen LogP contribution is 2.29. The van der Waals surface area contributed by atoms with E-state index in [0.29, 0.717) is 30.0 Å². The molecule has 0 aliphatic rings. The number of carbonyl (C=O) groups excluding carboxylic acids is 1. The summed E-state index contributed by atoms with van der Waals surface area (Å²) >= 11 is 0. The van der Waals surface area contributed by atoms with Gasteiger partial charge in [0, 0.05) is 11.1 Å². The molecule has 3 aromatic carbocycles. The fourth-order valence-corrected chi connectivity index (χ4v) is 5.73. The van der Waals surface area contributed by atoms with Crippen LogP contribution in [-0.4, -0.2) is 124 Å². The Kier molecular flexibility index (Phi) is 11.4. The minimum absolute atomic E-state index is 0.0483. The van der Waals surface area contributed by atoms with E-state index in [0.717, 1.165) is 23.4 Å². The molecule has 0 aliphatic heterocycles. The maximum atomic E-state index is 13.0. The lowest BCUT2D eigenvalue weighted by Crippen LogP contribution is -2.42. The zero-order valence-corrected chi connectivity index (χ0v) is 28.6. The number of benzene rings is 3. The van der Waals surface area contributed by atoms with Crippen molar-refractivity contribution in [1.82, 2.24) is 19.6 Å². The number of guanidine groups is 2. The second-order valence-corrected chi connectivity index (χ2v) is 11.9. The molecule has 236 valence electrons. The molecule has 44 heavy (non-hydrogen) atoms. The molecule has 3 aromatic rings. The van der Waals surface area contributed by atoms with E-state index in [1.54, 1.807) is 31.4 Å². The van der Waals surface area contributed by atoms with E-state index in [-0.39, 0.29) is 5.78 Å². The maximum absolute atomic E-state index is 13.0. The molecule has 0 heterocycles. The lowest BCUT2D eigenvalue weighted by atomic mass is 10.0. The summed E-state index contributed by atoms with van der Waals surface area (Å²) in [5.74, 6) is 4.29. The third-order valence-corrected chi connectivity index (χ3v) is 7.40. The van der Waals surface area contributed by atoms with Crippen molar-refractivity contribution in [1.29, 1.82) is 0 Å². The molecule has 0 saturated carbocycles. The van der Waals surface area contributed by atoms with Gasteiger partial charge in [-0.2, -0.15) is 0 Å². The minimum Gasteiger partial charge on any atom is -0.497 e. The van der Waals surface area contributed by atoms with Crippen molar-refractivity contribution < 1.29 is 23.4 Å². The number of nitrogens with zero attached hydrogens (tertiary/aromatic N) is 6. The number of ketones is 1. The summed E-state index contributed by atoms with van der Waals surface area (Å²) < 4.78 is 16.1. The van der Waals surface area contributed by atoms with Gasteiger partial charge in [-0.3, -0.25) is 33.5 Å². The molecule has 0 aliphatic carbocycles. The summed E-state index contributed by atoms with van der Waals surface area (Å²) in [4.78, 5) is 21.5. The molecule has 0 atom stereocenters. The van der Waals surface area contributed by atoms with Crippen molar-refractivity contribution in [2.24, 2.45) is 0 Å². The molecule has 0 amide bonds. The second kappa shape index (κ2) is 14.8. The quantitative estimate of drug-likeness (QED) is 0.157. The Balaban J connectivity index is 2.01. The summed E-state index contributed by atoms with van der Waals surface area (Å²) in [6.07, 6.45) is 0. The van der Waals surface area contributed by atoms with Gasteiger partial charge in [0.25, 0.3) is 0 Å². The van der Waals surface area contributed by atoms with Gasteiger partial charge in [0.05, 0.1) is 90.7 Å². The van der Waals surface area contributed by atoms with Crippen molar-refractivity contribution in [2.45, 2.75) is 20.0 Å². The van der Waals surface area contributed by atoms with Gasteiger partial charge in [-0.15, -0.1) is 0 Å². The van der Waals surface area contributed by atoms with Crippen molar-refractivity contribution >= 4 is 17.7 Å². The first-order valence-electron chi connectivity index (χ1n) is 14.7. The number of ether oxygens (including phenoxy) is 2.